The fraction of sp³-hybridized carbons (Fsp3) is 0.471. The summed E-state index contributed by atoms with van der Waals surface area (Å²) in [4.78, 5) is 22.6. The zero-order valence-electron chi connectivity index (χ0n) is 25.5. The number of ether oxygens (including phenoxy) is 4. The van der Waals surface area contributed by atoms with E-state index in [9.17, 15) is 19.8 Å². The molecule has 0 spiro atoms. The number of carbonyl (C=O) groups excluding carboxylic acids is 2. The minimum Gasteiger partial charge on any atom is -0.491 e. The lowest BCUT2D eigenvalue weighted by atomic mass is 9.87. The molecule has 0 radical (unpaired) electrons. The fourth-order valence-electron chi connectivity index (χ4n) is 4.75. The third-order valence-electron chi connectivity index (χ3n) is 7.00. The third-order valence-corrected chi connectivity index (χ3v) is 7.00. The summed E-state index contributed by atoms with van der Waals surface area (Å²) in [6, 6.07) is 12.3. The number of carbonyl (C=O) groups is 2. The molecule has 0 bridgehead atoms. The first-order valence-electron chi connectivity index (χ1n) is 14.5. The molecule has 0 heterocycles. The van der Waals surface area contributed by atoms with Gasteiger partial charge in [-0.2, -0.15) is 0 Å². The summed E-state index contributed by atoms with van der Waals surface area (Å²) in [6.45, 7) is 16.6. The van der Waals surface area contributed by atoms with Gasteiger partial charge in [-0.3, -0.25) is 0 Å². The molecule has 230 valence electrons. The van der Waals surface area contributed by atoms with Crippen LogP contribution in [0.4, 0.5) is 0 Å². The van der Waals surface area contributed by atoms with Crippen LogP contribution >= 0.6 is 0 Å². The second-order valence-electron chi connectivity index (χ2n) is 10.5. The number of benzene rings is 2. The Morgan fingerprint density at radius 1 is 0.833 bits per heavy atom. The fourth-order valence-corrected chi connectivity index (χ4v) is 4.75. The number of hydrogen-bond acceptors (Lipinski definition) is 8. The Morgan fingerprint density at radius 2 is 1.40 bits per heavy atom. The maximum Gasteiger partial charge on any atom is 0.330 e. The highest BCUT2D eigenvalue weighted by atomic mass is 16.5. The van der Waals surface area contributed by atoms with Gasteiger partial charge >= 0.3 is 11.9 Å². The van der Waals surface area contributed by atoms with E-state index in [0.717, 1.165) is 41.0 Å². The summed E-state index contributed by atoms with van der Waals surface area (Å²) in [6.07, 6.45) is 2.07. The summed E-state index contributed by atoms with van der Waals surface area (Å²) < 4.78 is 22.1. The standard InChI is InChI=1S/C34H46O8/c1-8-29(19-28(36)21-40-33(37)10-3)42-32-15-13-26(17-23(32)6)30(9-2)25-12-14-31(22(5)16-25)39-20-27(35)18-24(7)41-34(38)11-4/h10-17,24,27-30,35-36H,3-4,8-9,18-21H2,1-2,5-7H3. The molecule has 42 heavy (non-hydrogen) atoms. The first-order chi connectivity index (χ1) is 20.0. The predicted molar refractivity (Wildman–Crippen MR) is 163 cm³/mol. The van der Waals surface area contributed by atoms with Crippen molar-refractivity contribution in [1.29, 1.82) is 0 Å². The van der Waals surface area contributed by atoms with E-state index in [1.807, 2.05) is 39.0 Å². The van der Waals surface area contributed by atoms with Gasteiger partial charge in [-0.05, 0) is 68.0 Å². The molecule has 2 aromatic carbocycles. The summed E-state index contributed by atoms with van der Waals surface area (Å²) in [5.74, 6) is 0.528. The molecule has 0 aliphatic rings. The van der Waals surface area contributed by atoms with Gasteiger partial charge in [0.15, 0.2) is 0 Å². The van der Waals surface area contributed by atoms with Crippen LogP contribution in [0, 0.1) is 13.8 Å². The smallest absolute Gasteiger partial charge is 0.330 e. The Balaban J connectivity index is 2.04. The monoisotopic (exact) mass is 582 g/mol. The van der Waals surface area contributed by atoms with Gasteiger partial charge in [0.1, 0.15) is 36.9 Å². The van der Waals surface area contributed by atoms with Crippen molar-refractivity contribution in [2.45, 2.75) is 90.6 Å². The zero-order valence-corrected chi connectivity index (χ0v) is 25.5. The minimum absolute atomic E-state index is 0.0871. The van der Waals surface area contributed by atoms with Crippen LogP contribution in [0.5, 0.6) is 11.5 Å². The molecule has 0 aliphatic heterocycles. The van der Waals surface area contributed by atoms with E-state index in [4.69, 9.17) is 18.9 Å². The Labute approximate surface area is 250 Å². The second-order valence-corrected chi connectivity index (χ2v) is 10.5. The highest BCUT2D eigenvalue weighted by Gasteiger charge is 2.20. The number of aliphatic hydroxyl groups is 2. The van der Waals surface area contributed by atoms with E-state index >= 15 is 0 Å². The van der Waals surface area contributed by atoms with Crippen LogP contribution in [0.3, 0.4) is 0 Å². The van der Waals surface area contributed by atoms with Crippen molar-refractivity contribution < 1.29 is 38.7 Å². The van der Waals surface area contributed by atoms with E-state index in [-0.39, 0.29) is 31.7 Å². The number of hydrogen-bond donors (Lipinski definition) is 2. The van der Waals surface area contributed by atoms with Gasteiger partial charge in [0, 0.05) is 30.9 Å². The van der Waals surface area contributed by atoms with Gasteiger partial charge in [-0.15, -0.1) is 0 Å². The van der Waals surface area contributed by atoms with Crippen molar-refractivity contribution in [3.8, 4) is 11.5 Å². The van der Waals surface area contributed by atoms with Gasteiger partial charge in [0.05, 0.1) is 12.2 Å². The molecule has 5 atom stereocenters. The normalized spacial score (nSPS) is 14.5. The maximum absolute atomic E-state index is 11.3. The predicted octanol–water partition coefficient (Wildman–Crippen LogP) is 5.73. The largest absolute Gasteiger partial charge is 0.491 e. The van der Waals surface area contributed by atoms with Crippen LogP contribution in [-0.4, -0.2) is 59.8 Å². The van der Waals surface area contributed by atoms with Crippen LogP contribution in [0.1, 0.15) is 74.6 Å². The Hall–Kier alpha value is -3.62. The topological polar surface area (TPSA) is 112 Å². The first-order valence-corrected chi connectivity index (χ1v) is 14.5. The van der Waals surface area contributed by atoms with Crippen LogP contribution in [-0.2, 0) is 19.1 Å². The average Bonchev–Trinajstić information content (AvgIpc) is 2.96. The molecule has 0 amide bonds. The molecule has 2 rings (SSSR count). The van der Waals surface area contributed by atoms with E-state index in [0.29, 0.717) is 18.6 Å². The van der Waals surface area contributed by atoms with Crippen molar-refractivity contribution >= 4 is 11.9 Å². The minimum atomic E-state index is -0.827. The van der Waals surface area contributed by atoms with E-state index in [1.165, 1.54) is 5.56 Å². The average molecular weight is 583 g/mol. The van der Waals surface area contributed by atoms with Gasteiger partial charge in [0.25, 0.3) is 0 Å². The molecule has 2 aromatic rings. The van der Waals surface area contributed by atoms with Crippen LogP contribution in [0.25, 0.3) is 0 Å². The van der Waals surface area contributed by atoms with E-state index in [2.05, 4.69) is 38.3 Å². The Kier molecular flexibility index (Phi) is 14.3. The molecule has 0 saturated carbocycles. The van der Waals surface area contributed by atoms with E-state index in [1.54, 1.807) is 6.92 Å². The summed E-state index contributed by atoms with van der Waals surface area (Å²) in [5, 5.41) is 20.6. The summed E-state index contributed by atoms with van der Waals surface area (Å²) >= 11 is 0. The zero-order chi connectivity index (χ0) is 31.2. The number of rotatable bonds is 18. The molecule has 0 aromatic heterocycles. The Morgan fingerprint density at radius 3 is 1.93 bits per heavy atom. The van der Waals surface area contributed by atoms with E-state index < -0.39 is 30.3 Å². The van der Waals surface area contributed by atoms with Crippen LogP contribution in [0.15, 0.2) is 61.7 Å². The summed E-state index contributed by atoms with van der Waals surface area (Å²) in [5.41, 5.74) is 4.28. The highest BCUT2D eigenvalue weighted by molar-refractivity contribution is 5.81. The number of esters is 2. The molecule has 5 unspecified atom stereocenters. The lowest BCUT2D eigenvalue weighted by Gasteiger charge is -2.23. The first kappa shape index (κ1) is 34.6. The molecular formula is C34H46O8. The molecular weight excluding hydrogens is 536 g/mol. The van der Waals surface area contributed by atoms with Gasteiger partial charge < -0.3 is 29.2 Å². The number of aliphatic hydroxyl groups excluding tert-OH is 2. The van der Waals surface area contributed by atoms with Gasteiger partial charge in [0.2, 0.25) is 0 Å². The Bertz CT molecular complexity index is 1190. The van der Waals surface area contributed by atoms with Crippen molar-refractivity contribution in [1.82, 2.24) is 0 Å². The quantitative estimate of drug-likeness (QED) is 0.169. The second kappa shape index (κ2) is 17.4. The summed E-state index contributed by atoms with van der Waals surface area (Å²) in [7, 11) is 0. The molecule has 8 nitrogen and oxygen atoms in total. The van der Waals surface area contributed by atoms with Crippen LogP contribution in [0.2, 0.25) is 0 Å². The molecule has 0 saturated heterocycles. The van der Waals surface area contributed by atoms with Crippen molar-refractivity contribution in [2.24, 2.45) is 0 Å². The van der Waals surface area contributed by atoms with Crippen molar-refractivity contribution in [3.63, 3.8) is 0 Å². The molecule has 0 fully saturated rings. The SMILES string of the molecule is C=CC(=O)OCC(O)CC(CC)Oc1ccc(C(CC)c2ccc(OCC(O)CC(C)OC(=O)C=C)c(C)c2)cc1C. The molecule has 2 N–H and O–H groups in total. The van der Waals surface area contributed by atoms with Crippen molar-refractivity contribution in [3.05, 3.63) is 84.0 Å². The maximum atomic E-state index is 11.3. The van der Waals surface area contributed by atoms with Crippen LogP contribution < -0.4 is 9.47 Å². The number of aryl methyl sites for hydroxylation is 2. The lowest BCUT2D eigenvalue weighted by molar-refractivity contribution is -0.143. The molecule has 0 aliphatic carbocycles. The highest BCUT2D eigenvalue weighted by Crippen LogP contribution is 2.34. The third kappa shape index (κ3) is 11.0. The van der Waals surface area contributed by atoms with Crippen molar-refractivity contribution in [2.75, 3.05) is 13.2 Å². The lowest BCUT2D eigenvalue weighted by Crippen LogP contribution is -2.27. The molecule has 8 heteroatoms. The van der Waals surface area contributed by atoms with Gasteiger partial charge in [-0.1, -0.05) is 51.3 Å². The van der Waals surface area contributed by atoms with Gasteiger partial charge in [-0.25, -0.2) is 9.59 Å².